The molecule has 4 nitrogen and oxygen atoms in total. The highest BCUT2D eigenvalue weighted by atomic mass is 35.5. The number of anilines is 1. The number of hydrogen-bond acceptors (Lipinski definition) is 3. The van der Waals surface area contributed by atoms with Crippen molar-refractivity contribution < 1.29 is 4.79 Å². The van der Waals surface area contributed by atoms with Crippen LogP contribution < -0.4 is 11.1 Å². The minimum Gasteiger partial charge on any atom is -0.330 e. The van der Waals surface area contributed by atoms with Crippen LogP contribution in [0.5, 0.6) is 0 Å². The standard InChI is InChI=1S/C15H20ClN3O/c1-2-11(7-8-17)4-6-15(20)19-14-9-12(10-18)3-5-13(14)16/h3,5,9,11H,2,4,6-8,17H2,1H3,(H,19,20). The molecule has 0 radical (unpaired) electrons. The quantitative estimate of drug-likeness (QED) is 0.809. The second-order valence-electron chi connectivity index (χ2n) is 4.74. The average molecular weight is 294 g/mol. The number of amides is 1. The molecule has 20 heavy (non-hydrogen) atoms. The van der Waals surface area contributed by atoms with Crippen molar-refractivity contribution in [2.45, 2.75) is 32.6 Å². The number of nitrogens with two attached hydrogens (primary N) is 1. The number of carbonyl (C=O) groups is 1. The molecule has 0 fully saturated rings. The van der Waals surface area contributed by atoms with Gasteiger partial charge in [-0.1, -0.05) is 24.9 Å². The zero-order valence-corrected chi connectivity index (χ0v) is 12.4. The third-order valence-corrected chi connectivity index (χ3v) is 3.63. The first-order valence-corrected chi connectivity index (χ1v) is 7.18. The van der Waals surface area contributed by atoms with Crippen molar-refractivity contribution in [2.24, 2.45) is 11.7 Å². The first kappa shape index (κ1) is 16.5. The Morgan fingerprint density at radius 3 is 2.85 bits per heavy atom. The van der Waals surface area contributed by atoms with E-state index >= 15 is 0 Å². The Kier molecular flexibility index (Phi) is 7.06. The summed E-state index contributed by atoms with van der Waals surface area (Å²) in [6.07, 6.45) is 3.21. The lowest BCUT2D eigenvalue weighted by Crippen LogP contribution is -2.15. The van der Waals surface area contributed by atoms with Gasteiger partial charge in [-0.15, -0.1) is 0 Å². The molecule has 108 valence electrons. The van der Waals surface area contributed by atoms with Crippen molar-refractivity contribution in [1.82, 2.24) is 0 Å². The number of benzene rings is 1. The summed E-state index contributed by atoms with van der Waals surface area (Å²) < 4.78 is 0. The maximum absolute atomic E-state index is 11.9. The van der Waals surface area contributed by atoms with Crippen molar-refractivity contribution in [2.75, 3.05) is 11.9 Å². The maximum atomic E-state index is 11.9. The summed E-state index contributed by atoms with van der Waals surface area (Å²) in [7, 11) is 0. The van der Waals surface area contributed by atoms with Gasteiger partial charge in [0, 0.05) is 6.42 Å². The highest BCUT2D eigenvalue weighted by Gasteiger charge is 2.11. The van der Waals surface area contributed by atoms with Crippen LogP contribution >= 0.6 is 11.6 Å². The van der Waals surface area contributed by atoms with E-state index in [0.717, 1.165) is 19.3 Å². The maximum Gasteiger partial charge on any atom is 0.224 e. The topological polar surface area (TPSA) is 78.9 Å². The van der Waals surface area contributed by atoms with Crippen LogP contribution in [-0.4, -0.2) is 12.5 Å². The van der Waals surface area contributed by atoms with Crippen LogP contribution in [0.1, 0.15) is 38.2 Å². The molecule has 0 saturated heterocycles. The Balaban J connectivity index is 2.56. The van der Waals surface area contributed by atoms with Crippen molar-refractivity contribution in [3.8, 4) is 6.07 Å². The number of hydrogen-bond donors (Lipinski definition) is 2. The summed E-state index contributed by atoms with van der Waals surface area (Å²) >= 11 is 6.00. The van der Waals surface area contributed by atoms with Gasteiger partial charge in [0.25, 0.3) is 0 Å². The van der Waals surface area contributed by atoms with Gasteiger partial charge in [-0.3, -0.25) is 4.79 Å². The zero-order chi connectivity index (χ0) is 15.0. The number of carbonyl (C=O) groups excluding carboxylic acids is 1. The smallest absolute Gasteiger partial charge is 0.224 e. The Bertz CT molecular complexity index is 496. The summed E-state index contributed by atoms with van der Waals surface area (Å²) in [5, 5.41) is 12.0. The van der Waals surface area contributed by atoms with E-state index < -0.39 is 0 Å². The number of nitrogens with zero attached hydrogens (tertiary/aromatic N) is 1. The van der Waals surface area contributed by atoms with E-state index in [-0.39, 0.29) is 5.91 Å². The van der Waals surface area contributed by atoms with E-state index in [2.05, 4.69) is 12.2 Å². The van der Waals surface area contributed by atoms with Crippen molar-refractivity contribution in [1.29, 1.82) is 5.26 Å². The molecular weight excluding hydrogens is 274 g/mol. The van der Waals surface area contributed by atoms with Gasteiger partial charge < -0.3 is 11.1 Å². The zero-order valence-electron chi connectivity index (χ0n) is 11.7. The van der Waals surface area contributed by atoms with E-state index in [1.165, 1.54) is 0 Å². The van der Waals surface area contributed by atoms with Crippen molar-refractivity contribution >= 4 is 23.2 Å². The van der Waals surface area contributed by atoms with Gasteiger partial charge in [0.15, 0.2) is 0 Å². The van der Waals surface area contributed by atoms with Crippen molar-refractivity contribution in [3.63, 3.8) is 0 Å². The largest absolute Gasteiger partial charge is 0.330 e. The molecule has 0 spiro atoms. The van der Waals surface area contributed by atoms with Crippen LogP contribution in [0, 0.1) is 17.2 Å². The Hall–Kier alpha value is -1.57. The fourth-order valence-corrected chi connectivity index (χ4v) is 2.19. The van der Waals surface area contributed by atoms with Crippen LogP contribution in [0.3, 0.4) is 0 Å². The molecule has 0 aromatic heterocycles. The van der Waals surface area contributed by atoms with Gasteiger partial charge in [-0.2, -0.15) is 5.26 Å². The van der Waals surface area contributed by atoms with Crippen LogP contribution in [-0.2, 0) is 4.79 Å². The molecule has 5 heteroatoms. The molecular formula is C15H20ClN3O. The second-order valence-corrected chi connectivity index (χ2v) is 5.15. The fraction of sp³-hybridized carbons (Fsp3) is 0.467. The molecule has 0 aliphatic rings. The number of nitriles is 1. The molecule has 0 saturated carbocycles. The summed E-state index contributed by atoms with van der Waals surface area (Å²) in [5.41, 5.74) is 6.50. The highest BCUT2D eigenvalue weighted by molar-refractivity contribution is 6.33. The van der Waals surface area contributed by atoms with Gasteiger partial charge >= 0.3 is 0 Å². The Morgan fingerprint density at radius 2 is 2.25 bits per heavy atom. The molecule has 1 aromatic carbocycles. The normalized spacial score (nSPS) is 11.7. The Labute approximate surface area is 124 Å². The van der Waals surface area contributed by atoms with Crippen LogP contribution in [0.25, 0.3) is 0 Å². The average Bonchev–Trinajstić information content (AvgIpc) is 2.45. The predicted molar refractivity (Wildman–Crippen MR) is 81.5 cm³/mol. The highest BCUT2D eigenvalue weighted by Crippen LogP contribution is 2.23. The minimum absolute atomic E-state index is 0.0857. The molecule has 0 heterocycles. The minimum atomic E-state index is -0.0857. The molecule has 1 amide bonds. The van der Waals surface area contributed by atoms with Crippen molar-refractivity contribution in [3.05, 3.63) is 28.8 Å². The SMILES string of the molecule is CCC(CCN)CCC(=O)Nc1cc(C#N)ccc1Cl. The third-order valence-electron chi connectivity index (χ3n) is 3.30. The molecule has 0 aliphatic carbocycles. The monoisotopic (exact) mass is 293 g/mol. The number of nitrogens with one attached hydrogen (secondary N) is 1. The molecule has 3 N–H and O–H groups in total. The summed E-state index contributed by atoms with van der Waals surface area (Å²) in [6.45, 7) is 2.75. The fourth-order valence-electron chi connectivity index (χ4n) is 2.03. The summed E-state index contributed by atoms with van der Waals surface area (Å²) in [4.78, 5) is 11.9. The van der Waals surface area contributed by atoms with E-state index in [1.54, 1.807) is 18.2 Å². The second kappa shape index (κ2) is 8.57. The van der Waals surface area contributed by atoms with E-state index in [4.69, 9.17) is 22.6 Å². The number of halogens is 1. The van der Waals surface area contributed by atoms with Gasteiger partial charge in [0.2, 0.25) is 5.91 Å². The lowest BCUT2D eigenvalue weighted by Gasteiger charge is -2.13. The number of rotatable bonds is 7. The molecule has 1 unspecified atom stereocenters. The lowest BCUT2D eigenvalue weighted by molar-refractivity contribution is -0.116. The summed E-state index contributed by atoms with van der Waals surface area (Å²) in [5.74, 6) is 0.393. The molecule has 1 aromatic rings. The van der Waals surface area contributed by atoms with Crippen LogP contribution in [0.4, 0.5) is 5.69 Å². The van der Waals surface area contributed by atoms with Crippen LogP contribution in [0.2, 0.25) is 5.02 Å². The van der Waals surface area contributed by atoms with Gasteiger partial charge in [-0.05, 0) is 43.5 Å². The molecule has 0 bridgehead atoms. The van der Waals surface area contributed by atoms with E-state index in [0.29, 0.717) is 35.2 Å². The summed E-state index contributed by atoms with van der Waals surface area (Å²) in [6, 6.07) is 6.83. The lowest BCUT2D eigenvalue weighted by atomic mass is 9.96. The third kappa shape index (κ3) is 5.20. The molecule has 1 rings (SSSR count). The van der Waals surface area contributed by atoms with Crippen LogP contribution in [0.15, 0.2) is 18.2 Å². The first-order chi connectivity index (χ1) is 9.60. The molecule has 0 aliphatic heterocycles. The van der Waals surface area contributed by atoms with E-state index in [9.17, 15) is 4.79 Å². The van der Waals surface area contributed by atoms with E-state index in [1.807, 2.05) is 6.07 Å². The molecule has 1 atom stereocenters. The first-order valence-electron chi connectivity index (χ1n) is 6.80. The van der Waals surface area contributed by atoms with Gasteiger partial charge in [-0.25, -0.2) is 0 Å². The van der Waals surface area contributed by atoms with Gasteiger partial charge in [0.1, 0.15) is 0 Å². The Morgan fingerprint density at radius 1 is 1.50 bits per heavy atom. The van der Waals surface area contributed by atoms with Gasteiger partial charge in [0.05, 0.1) is 22.3 Å². The predicted octanol–water partition coefficient (Wildman–Crippen LogP) is 3.31.